The smallest absolute Gasteiger partial charge is 0.336 e. The average molecular weight is 451 g/mol. The Morgan fingerprint density at radius 1 is 1.12 bits per heavy atom. The van der Waals surface area contributed by atoms with Crippen LogP contribution in [0.3, 0.4) is 0 Å². The number of esters is 3. The fourth-order valence-electron chi connectivity index (χ4n) is 3.73. The predicted molar refractivity (Wildman–Crippen MR) is 111 cm³/mol. The molecule has 1 aliphatic rings. The van der Waals surface area contributed by atoms with Crippen LogP contribution in [0.1, 0.15) is 51.7 Å². The zero-order valence-corrected chi connectivity index (χ0v) is 18.9. The van der Waals surface area contributed by atoms with Crippen LogP contribution in [0.4, 0.5) is 8.78 Å². The maximum atomic E-state index is 15.1. The zero-order valence-electron chi connectivity index (χ0n) is 18.9. The number of alkyl halides is 1. The van der Waals surface area contributed by atoms with E-state index in [9.17, 15) is 18.8 Å². The van der Waals surface area contributed by atoms with Crippen LogP contribution in [0.2, 0.25) is 0 Å². The molecule has 0 amide bonds. The van der Waals surface area contributed by atoms with Crippen molar-refractivity contribution in [2.45, 2.75) is 46.2 Å². The largest absolute Gasteiger partial charge is 0.466 e. The third-order valence-electron chi connectivity index (χ3n) is 4.92. The molecule has 9 heteroatoms. The van der Waals surface area contributed by atoms with Crippen LogP contribution in [0, 0.1) is 5.82 Å². The highest BCUT2D eigenvalue weighted by molar-refractivity contribution is 6.00. The first-order valence-corrected chi connectivity index (χ1v) is 10.0. The fraction of sp³-hybridized carbons (Fsp3) is 0.435. The maximum Gasteiger partial charge on any atom is 0.336 e. The highest BCUT2D eigenvalue weighted by atomic mass is 19.1. The quantitative estimate of drug-likeness (QED) is 0.501. The lowest BCUT2D eigenvalue weighted by Gasteiger charge is -2.33. The van der Waals surface area contributed by atoms with E-state index in [4.69, 9.17) is 14.2 Å². The molecule has 1 aromatic carbocycles. The van der Waals surface area contributed by atoms with Crippen LogP contribution in [-0.4, -0.2) is 38.2 Å². The van der Waals surface area contributed by atoms with Crippen molar-refractivity contribution in [2.75, 3.05) is 20.3 Å². The van der Waals surface area contributed by atoms with Crippen LogP contribution in [0.25, 0.3) is 0 Å². The normalized spacial score (nSPS) is 16.4. The van der Waals surface area contributed by atoms with Gasteiger partial charge in [-0.25, -0.2) is 18.4 Å². The molecule has 1 N–H and O–H groups in total. The lowest BCUT2D eigenvalue weighted by atomic mass is 9.76. The molecule has 2 rings (SSSR count). The molecule has 7 nitrogen and oxygen atoms in total. The number of benzene rings is 1. The lowest BCUT2D eigenvalue weighted by Crippen LogP contribution is -2.36. The molecule has 0 bridgehead atoms. The van der Waals surface area contributed by atoms with E-state index in [2.05, 4.69) is 5.32 Å². The molecule has 0 saturated heterocycles. The summed E-state index contributed by atoms with van der Waals surface area (Å²) in [6.07, 6.45) is 0. The monoisotopic (exact) mass is 451 g/mol. The molecule has 0 aromatic heterocycles. The number of rotatable bonds is 7. The van der Waals surface area contributed by atoms with Gasteiger partial charge in [0.05, 0.1) is 36.5 Å². The number of hydrogen-bond acceptors (Lipinski definition) is 7. The second-order valence-corrected chi connectivity index (χ2v) is 7.66. The van der Waals surface area contributed by atoms with Crippen molar-refractivity contribution < 1.29 is 37.4 Å². The second kappa shape index (κ2) is 9.93. The van der Waals surface area contributed by atoms with Gasteiger partial charge in [0.2, 0.25) is 0 Å². The number of allylic oxidation sites excluding steroid dienone is 1. The van der Waals surface area contributed by atoms with Gasteiger partial charge in [0.1, 0.15) is 18.1 Å². The maximum absolute atomic E-state index is 15.1. The van der Waals surface area contributed by atoms with Gasteiger partial charge in [-0.1, -0.05) is 12.1 Å². The molecule has 1 unspecified atom stereocenters. The van der Waals surface area contributed by atoms with Crippen molar-refractivity contribution in [1.29, 1.82) is 0 Å². The first-order valence-electron chi connectivity index (χ1n) is 10.0. The highest BCUT2D eigenvalue weighted by Gasteiger charge is 2.42. The summed E-state index contributed by atoms with van der Waals surface area (Å²) in [5, 5.41) is 2.89. The second-order valence-electron chi connectivity index (χ2n) is 7.66. The van der Waals surface area contributed by atoms with Gasteiger partial charge in [-0.2, -0.15) is 0 Å². The van der Waals surface area contributed by atoms with Crippen LogP contribution < -0.4 is 5.32 Å². The Morgan fingerprint density at radius 3 is 2.31 bits per heavy atom. The van der Waals surface area contributed by atoms with Crippen LogP contribution >= 0.6 is 0 Å². The number of nitrogens with one attached hydrogen (secondary N) is 1. The Bertz CT molecular complexity index is 991. The van der Waals surface area contributed by atoms with E-state index in [-0.39, 0.29) is 46.9 Å². The molecule has 0 fully saturated rings. The topological polar surface area (TPSA) is 90.9 Å². The average Bonchev–Trinajstić information content (AvgIpc) is 2.69. The molecule has 1 atom stereocenters. The summed E-state index contributed by atoms with van der Waals surface area (Å²) in [5.74, 6) is -4.28. The van der Waals surface area contributed by atoms with E-state index >= 15 is 4.39 Å². The molecule has 0 radical (unpaired) electrons. The van der Waals surface area contributed by atoms with Crippen molar-refractivity contribution >= 4 is 17.9 Å². The summed E-state index contributed by atoms with van der Waals surface area (Å²) in [6, 6.07) is 3.90. The van der Waals surface area contributed by atoms with Gasteiger partial charge in [-0.15, -0.1) is 0 Å². The molecular formula is C23H27F2NO6. The summed E-state index contributed by atoms with van der Waals surface area (Å²) >= 11 is 0. The van der Waals surface area contributed by atoms with Crippen molar-refractivity contribution in [3.63, 3.8) is 0 Å². The number of dihydropyridines is 1. The van der Waals surface area contributed by atoms with E-state index in [1.165, 1.54) is 32.9 Å². The molecule has 0 spiro atoms. The summed E-state index contributed by atoms with van der Waals surface area (Å²) < 4.78 is 45.1. The first kappa shape index (κ1) is 25.0. The number of hydrogen-bond donors (Lipinski definition) is 1. The Labute approximate surface area is 185 Å². The molecule has 1 heterocycles. The van der Waals surface area contributed by atoms with Gasteiger partial charge in [-0.3, -0.25) is 4.79 Å². The SMILES string of the molecule is CCOC(=O)C1=C(COC(C)=O)NC(C)=C(C(=O)OC)C1c1cccc(F)c1C(C)(C)F. The Morgan fingerprint density at radius 2 is 1.78 bits per heavy atom. The molecule has 0 aliphatic carbocycles. The van der Waals surface area contributed by atoms with Crippen molar-refractivity contribution in [2.24, 2.45) is 0 Å². The van der Waals surface area contributed by atoms with E-state index in [1.807, 2.05) is 0 Å². The summed E-state index contributed by atoms with van der Waals surface area (Å²) in [6.45, 7) is 6.37. The van der Waals surface area contributed by atoms with Gasteiger partial charge < -0.3 is 19.5 Å². The van der Waals surface area contributed by atoms with E-state index in [1.54, 1.807) is 13.8 Å². The van der Waals surface area contributed by atoms with Crippen molar-refractivity contribution in [1.82, 2.24) is 5.32 Å². The van der Waals surface area contributed by atoms with Gasteiger partial charge >= 0.3 is 17.9 Å². The van der Waals surface area contributed by atoms with Crippen LogP contribution in [-0.2, 0) is 34.3 Å². The van der Waals surface area contributed by atoms with Crippen LogP contribution in [0.15, 0.2) is 40.7 Å². The standard InChI is InChI=1S/C23H27F2NO6/c1-7-31-22(29)19-16(11-32-13(3)27)26-12(2)17(21(28)30-6)18(19)14-9-8-10-15(24)20(14)23(4,5)25/h8-10,18,26H,7,11H2,1-6H3. The third kappa shape index (κ3) is 5.15. The molecule has 174 valence electrons. The number of carbonyl (C=O) groups excluding carboxylic acids is 3. The number of carbonyl (C=O) groups is 3. The lowest BCUT2D eigenvalue weighted by molar-refractivity contribution is -0.142. The minimum Gasteiger partial charge on any atom is -0.466 e. The number of methoxy groups -OCH3 is 1. The highest BCUT2D eigenvalue weighted by Crippen LogP contribution is 2.44. The third-order valence-corrected chi connectivity index (χ3v) is 4.92. The van der Waals surface area contributed by atoms with E-state index in [0.29, 0.717) is 0 Å². The summed E-state index contributed by atoms with van der Waals surface area (Å²) in [5.41, 5.74) is -2.09. The van der Waals surface area contributed by atoms with Crippen LogP contribution in [0.5, 0.6) is 0 Å². The van der Waals surface area contributed by atoms with E-state index in [0.717, 1.165) is 13.2 Å². The summed E-state index contributed by atoms with van der Waals surface area (Å²) in [7, 11) is 1.16. The summed E-state index contributed by atoms with van der Waals surface area (Å²) in [4.78, 5) is 37.2. The fourth-order valence-corrected chi connectivity index (χ4v) is 3.73. The molecule has 1 aromatic rings. The minimum atomic E-state index is -2.14. The zero-order chi connectivity index (χ0) is 24.2. The first-order chi connectivity index (χ1) is 14.9. The molecule has 1 aliphatic heterocycles. The predicted octanol–water partition coefficient (Wildman–Crippen LogP) is 3.54. The molecular weight excluding hydrogens is 424 g/mol. The van der Waals surface area contributed by atoms with Crippen molar-refractivity contribution in [3.05, 3.63) is 57.7 Å². The Balaban J connectivity index is 2.91. The Kier molecular flexibility index (Phi) is 7.77. The number of ether oxygens (including phenoxy) is 3. The van der Waals surface area contributed by atoms with Gasteiger partial charge in [0.15, 0.2) is 0 Å². The molecule has 32 heavy (non-hydrogen) atoms. The van der Waals surface area contributed by atoms with E-state index < -0.39 is 35.3 Å². The van der Waals surface area contributed by atoms with Gasteiger partial charge in [0, 0.05) is 18.2 Å². The van der Waals surface area contributed by atoms with Gasteiger partial charge in [-0.05, 0) is 39.3 Å². The Hall–Kier alpha value is -3.23. The number of halogens is 2. The van der Waals surface area contributed by atoms with Crippen molar-refractivity contribution in [3.8, 4) is 0 Å². The van der Waals surface area contributed by atoms with Gasteiger partial charge in [0.25, 0.3) is 0 Å². The minimum absolute atomic E-state index is 0.0107. The molecule has 0 saturated carbocycles.